The highest BCUT2D eigenvalue weighted by Gasteiger charge is 1.95. The molecule has 0 aliphatic heterocycles. The van der Waals surface area contributed by atoms with Crippen molar-refractivity contribution in [3.05, 3.63) is 11.9 Å². The van der Waals surface area contributed by atoms with Gasteiger partial charge in [-0.05, 0) is 12.8 Å². The summed E-state index contributed by atoms with van der Waals surface area (Å²) in [5, 5.41) is 7.99. The van der Waals surface area contributed by atoms with E-state index in [0.717, 1.165) is 18.7 Å². The largest absolute Gasteiger partial charge is 0.252 e. The second-order valence-corrected chi connectivity index (χ2v) is 2.68. The number of nitrogens with zero attached hydrogens (tertiary/aromatic N) is 3. The highest BCUT2D eigenvalue weighted by molar-refractivity contribution is 4.90. The standard InChI is InChI=1S/C8H15N3.3C2H6.CH4/c1-3-5-6-11-7-8(4-2)9-10-11;3*1-2;/h7H,3-6H2,1-2H3;3*1-2H3;1H4. The minimum atomic E-state index is 0. The zero-order valence-corrected chi connectivity index (χ0v) is 13.2. The molecule has 112 valence electrons. The Bertz CT molecular complexity index is 207. The van der Waals surface area contributed by atoms with Crippen LogP contribution in [0.25, 0.3) is 0 Å². The lowest BCUT2D eigenvalue weighted by molar-refractivity contribution is 0.553. The molecule has 18 heavy (non-hydrogen) atoms. The van der Waals surface area contributed by atoms with Crippen LogP contribution in [0.15, 0.2) is 6.20 Å². The molecule has 0 spiro atoms. The SMILES string of the molecule is C.CC.CC.CC.CCCCn1cc(CC)nn1. The molecule has 0 fully saturated rings. The summed E-state index contributed by atoms with van der Waals surface area (Å²) in [6.07, 6.45) is 5.40. The Morgan fingerprint density at radius 1 is 1.00 bits per heavy atom. The van der Waals surface area contributed by atoms with E-state index in [0.29, 0.717) is 0 Å². The van der Waals surface area contributed by atoms with Crippen LogP contribution in [0.1, 0.15) is 81.4 Å². The number of aryl methyl sites for hydroxylation is 2. The van der Waals surface area contributed by atoms with Crippen molar-refractivity contribution < 1.29 is 0 Å². The van der Waals surface area contributed by atoms with Crippen LogP contribution < -0.4 is 0 Å². The van der Waals surface area contributed by atoms with Crippen LogP contribution in [-0.2, 0) is 13.0 Å². The van der Waals surface area contributed by atoms with Crippen LogP contribution in [0.3, 0.4) is 0 Å². The van der Waals surface area contributed by atoms with E-state index in [9.17, 15) is 0 Å². The Balaban J connectivity index is -0.000000123. The van der Waals surface area contributed by atoms with Gasteiger partial charge in [-0.15, -0.1) is 5.10 Å². The number of unbranched alkanes of at least 4 members (excludes halogenated alkanes) is 1. The molecule has 0 unspecified atom stereocenters. The molecular weight excluding hydrogens is 222 g/mol. The maximum Gasteiger partial charge on any atom is 0.0824 e. The van der Waals surface area contributed by atoms with Gasteiger partial charge in [-0.2, -0.15) is 0 Å². The van der Waals surface area contributed by atoms with Crippen LogP contribution in [-0.4, -0.2) is 15.0 Å². The van der Waals surface area contributed by atoms with Gasteiger partial charge in [0.25, 0.3) is 0 Å². The molecule has 0 atom stereocenters. The zero-order chi connectivity index (χ0) is 14.1. The lowest BCUT2D eigenvalue weighted by Gasteiger charge is -1.94. The molecule has 1 heterocycles. The van der Waals surface area contributed by atoms with Gasteiger partial charge >= 0.3 is 0 Å². The van der Waals surface area contributed by atoms with Gasteiger partial charge in [0, 0.05) is 12.7 Å². The van der Waals surface area contributed by atoms with E-state index in [2.05, 4.69) is 24.2 Å². The molecule has 1 aromatic heterocycles. The monoisotopic (exact) mass is 259 g/mol. The predicted octanol–water partition coefficient (Wildman–Crippen LogP) is 5.36. The molecule has 0 saturated carbocycles. The number of hydrogen-bond acceptors (Lipinski definition) is 2. The normalized spacial score (nSPS) is 7.33. The van der Waals surface area contributed by atoms with Crippen molar-refractivity contribution in [3.63, 3.8) is 0 Å². The highest BCUT2D eigenvalue weighted by Crippen LogP contribution is 1.96. The summed E-state index contributed by atoms with van der Waals surface area (Å²) in [4.78, 5) is 0. The lowest BCUT2D eigenvalue weighted by atomic mass is 10.3. The third kappa shape index (κ3) is 15.1. The number of hydrogen-bond donors (Lipinski definition) is 0. The molecule has 1 aromatic rings. The summed E-state index contributed by atoms with van der Waals surface area (Å²) in [5.41, 5.74) is 1.08. The van der Waals surface area contributed by atoms with E-state index in [-0.39, 0.29) is 7.43 Å². The Kier molecular flexibility index (Phi) is 36.1. The first-order chi connectivity index (χ1) is 8.36. The highest BCUT2D eigenvalue weighted by atomic mass is 15.4. The van der Waals surface area contributed by atoms with Crippen molar-refractivity contribution in [1.82, 2.24) is 15.0 Å². The quantitative estimate of drug-likeness (QED) is 0.729. The van der Waals surface area contributed by atoms with Gasteiger partial charge in [-0.1, -0.05) is 74.5 Å². The minimum Gasteiger partial charge on any atom is -0.252 e. The first kappa shape index (κ1) is 25.9. The smallest absolute Gasteiger partial charge is 0.0824 e. The Hall–Kier alpha value is -0.860. The summed E-state index contributed by atoms with van der Waals surface area (Å²) in [7, 11) is 0. The molecule has 0 aromatic carbocycles. The fourth-order valence-corrected chi connectivity index (χ4v) is 0.930. The fourth-order valence-electron chi connectivity index (χ4n) is 0.930. The molecule has 0 aliphatic rings. The van der Waals surface area contributed by atoms with Gasteiger partial charge in [0.15, 0.2) is 0 Å². The Labute approximate surface area is 116 Å². The number of rotatable bonds is 4. The molecule has 0 N–H and O–H groups in total. The average molecular weight is 259 g/mol. The van der Waals surface area contributed by atoms with Crippen molar-refractivity contribution >= 4 is 0 Å². The van der Waals surface area contributed by atoms with Crippen LogP contribution in [0.4, 0.5) is 0 Å². The van der Waals surface area contributed by atoms with Gasteiger partial charge in [0.1, 0.15) is 0 Å². The Morgan fingerprint density at radius 3 is 1.83 bits per heavy atom. The van der Waals surface area contributed by atoms with E-state index >= 15 is 0 Å². The van der Waals surface area contributed by atoms with Crippen LogP contribution in [0, 0.1) is 0 Å². The van der Waals surface area contributed by atoms with Gasteiger partial charge in [0.2, 0.25) is 0 Å². The summed E-state index contributed by atoms with van der Waals surface area (Å²) in [6.45, 7) is 17.3. The van der Waals surface area contributed by atoms with Crippen LogP contribution in [0.5, 0.6) is 0 Å². The zero-order valence-electron chi connectivity index (χ0n) is 13.2. The third-order valence-electron chi connectivity index (χ3n) is 1.69. The van der Waals surface area contributed by atoms with Crippen molar-refractivity contribution in [2.24, 2.45) is 0 Å². The molecule has 0 radical (unpaired) electrons. The van der Waals surface area contributed by atoms with Gasteiger partial charge < -0.3 is 0 Å². The summed E-state index contributed by atoms with van der Waals surface area (Å²) >= 11 is 0. The van der Waals surface area contributed by atoms with E-state index in [1.165, 1.54) is 12.8 Å². The second kappa shape index (κ2) is 25.1. The molecule has 0 saturated heterocycles. The molecule has 3 heteroatoms. The van der Waals surface area contributed by atoms with Crippen LogP contribution >= 0.6 is 0 Å². The van der Waals surface area contributed by atoms with E-state index in [1.807, 2.05) is 52.4 Å². The maximum absolute atomic E-state index is 4.00. The van der Waals surface area contributed by atoms with E-state index in [4.69, 9.17) is 0 Å². The molecule has 0 aliphatic carbocycles. The topological polar surface area (TPSA) is 30.7 Å². The van der Waals surface area contributed by atoms with Gasteiger partial charge in [0.05, 0.1) is 5.69 Å². The molecular formula is C15H37N3. The second-order valence-electron chi connectivity index (χ2n) is 2.68. The van der Waals surface area contributed by atoms with Crippen molar-refractivity contribution in [2.45, 2.75) is 88.6 Å². The van der Waals surface area contributed by atoms with E-state index < -0.39 is 0 Å². The lowest BCUT2D eigenvalue weighted by Crippen LogP contribution is -1.97. The van der Waals surface area contributed by atoms with Gasteiger partial charge in [-0.25, -0.2) is 0 Å². The first-order valence-electron chi connectivity index (χ1n) is 7.25. The van der Waals surface area contributed by atoms with Gasteiger partial charge in [-0.3, -0.25) is 4.68 Å². The summed E-state index contributed by atoms with van der Waals surface area (Å²) in [5.74, 6) is 0. The predicted molar refractivity (Wildman–Crippen MR) is 85.1 cm³/mol. The summed E-state index contributed by atoms with van der Waals surface area (Å²) in [6, 6.07) is 0. The Morgan fingerprint density at radius 2 is 1.50 bits per heavy atom. The molecule has 0 amide bonds. The van der Waals surface area contributed by atoms with Crippen molar-refractivity contribution in [2.75, 3.05) is 0 Å². The van der Waals surface area contributed by atoms with Crippen LogP contribution in [0.2, 0.25) is 0 Å². The first-order valence-corrected chi connectivity index (χ1v) is 7.25. The molecule has 0 bridgehead atoms. The van der Waals surface area contributed by atoms with Crippen molar-refractivity contribution in [1.29, 1.82) is 0 Å². The molecule has 3 nitrogen and oxygen atoms in total. The minimum absolute atomic E-state index is 0. The maximum atomic E-state index is 4.00. The fraction of sp³-hybridized carbons (Fsp3) is 0.867. The van der Waals surface area contributed by atoms with E-state index in [1.54, 1.807) is 0 Å². The average Bonchev–Trinajstić information content (AvgIpc) is 2.91. The number of aromatic nitrogens is 3. The van der Waals surface area contributed by atoms with Crippen molar-refractivity contribution in [3.8, 4) is 0 Å². The molecule has 1 rings (SSSR count). The summed E-state index contributed by atoms with van der Waals surface area (Å²) < 4.78 is 1.92. The third-order valence-corrected chi connectivity index (χ3v) is 1.69.